The van der Waals surface area contributed by atoms with Crippen LogP contribution < -0.4 is 25.5 Å². The van der Waals surface area contributed by atoms with Gasteiger partial charge in [0.15, 0.2) is 0 Å². The fourth-order valence-electron chi connectivity index (χ4n) is 2.18. The van der Waals surface area contributed by atoms with Gasteiger partial charge in [0.2, 0.25) is 0 Å². The van der Waals surface area contributed by atoms with Gasteiger partial charge in [0.1, 0.15) is 0 Å². The van der Waals surface area contributed by atoms with Crippen LogP contribution in [0.1, 0.15) is 0 Å². The topological polar surface area (TPSA) is 210 Å². The van der Waals surface area contributed by atoms with E-state index in [1.165, 1.54) is 4.90 Å². The summed E-state index contributed by atoms with van der Waals surface area (Å²) in [6.07, 6.45) is 0. The van der Waals surface area contributed by atoms with Gasteiger partial charge >= 0.3 is 46.9 Å². The molecule has 0 aromatic rings. The van der Waals surface area contributed by atoms with Crippen molar-refractivity contribution in [3.05, 3.63) is 0 Å². The molecule has 0 aromatic heterocycles. The number of carbonyl (C=O) groups is 5. The molecule has 0 aromatic carbocycles. The van der Waals surface area contributed by atoms with Crippen LogP contribution in [0.3, 0.4) is 0 Å². The average Bonchev–Trinajstić information content (AvgIpc) is 2.46. The molecule has 0 atom stereocenters. The molecule has 0 N–H and O–H groups in total. The molecule has 0 spiro atoms. The van der Waals surface area contributed by atoms with E-state index in [2.05, 4.69) is 0 Å². The molecule has 0 amide bonds. The molecule has 13 nitrogen and oxygen atoms in total. The minimum Gasteiger partial charge on any atom is -0.549 e. The van der Waals surface area contributed by atoms with Gasteiger partial charge in [-0.1, -0.05) is 0 Å². The maximum atomic E-state index is 10.8. The first kappa shape index (κ1) is 29.0. The van der Waals surface area contributed by atoms with Crippen molar-refractivity contribution in [3.8, 4) is 0 Å². The van der Waals surface area contributed by atoms with Crippen LogP contribution in [0.5, 0.6) is 0 Å². The Hall–Kier alpha value is -1.25. The van der Waals surface area contributed by atoms with E-state index in [1.54, 1.807) is 0 Å². The SMILES string of the molecule is O=C([O-])CN(CCN(CC(=O)[O-])CC(=O)[O-])CCN(CC(=O)[O-])CC(=O)[O-].[Yb+3]. The maximum absolute atomic E-state index is 10.8. The Balaban J connectivity index is 0. The minimum atomic E-state index is -1.54. The number of carbonyl (C=O) groups excluding carboxylic acids is 5. The van der Waals surface area contributed by atoms with E-state index in [-0.39, 0.29) is 73.1 Å². The Morgan fingerprint density at radius 2 is 0.607 bits per heavy atom. The predicted molar refractivity (Wildman–Crippen MR) is 74.4 cm³/mol. The summed E-state index contributed by atoms with van der Waals surface area (Å²) in [7, 11) is 0. The molecule has 0 aliphatic rings. The number of carboxylic acids is 5. The molecule has 1 radical (unpaired) electrons. The molecular weight excluding hydrogens is 543 g/mol. The van der Waals surface area contributed by atoms with E-state index >= 15 is 0 Å². The number of rotatable bonds is 16. The molecule has 14 heteroatoms. The molecule has 0 aliphatic heterocycles. The second kappa shape index (κ2) is 15.6. The van der Waals surface area contributed by atoms with E-state index in [9.17, 15) is 49.5 Å². The third kappa shape index (κ3) is 16.9. The fraction of sp³-hybridized carbons (Fsp3) is 0.643. The van der Waals surface area contributed by atoms with E-state index in [0.29, 0.717) is 0 Å². The summed E-state index contributed by atoms with van der Waals surface area (Å²) in [5.74, 6) is -7.67. The van der Waals surface area contributed by atoms with E-state index in [4.69, 9.17) is 0 Å². The molecule has 0 fully saturated rings. The monoisotopic (exact) mass is 562 g/mol. The number of hydrogen-bond donors (Lipinski definition) is 0. The zero-order valence-corrected chi connectivity index (χ0v) is 16.3. The number of aliphatic carboxylic acids is 5. The van der Waals surface area contributed by atoms with Gasteiger partial charge in [-0.25, -0.2) is 0 Å². The Labute approximate surface area is 198 Å². The van der Waals surface area contributed by atoms with Crippen LogP contribution in [0.2, 0.25) is 0 Å². The summed E-state index contributed by atoms with van der Waals surface area (Å²) in [4.78, 5) is 56.4. The van der Waals surface area contributed by atoms with Crippen molar-refractivity contribution in [1.82, 2.24) is 14.7 Å². The van der Waals surface area contributed by atoms with Gasteiger partial charge in [-0.2, -0.15) is 0 Å². The van der Waals surface area contributed by atoms with Crippen LogP contribution >= 0.6 is 0 Å². The summed E-state index contributed by atoms with van der Waals surface area (Å²) in [6.45, 7) is -4.16. The second-order valence-corrected chi connectivity index (χ2v) is 5.56. The Morgan fingerprint density at radius 3 is 0.821 bits per heavy atom. The number of nitrogens with zero attached hydrogens (tertiary/aromatic N) is 3. The maximum Gasteiger partial charge on any atom is 3.00 e. The zero-order valence-electron chi connectivity index (χ0n) is 14.6. The normalized spacial score (nSPS) is 10.7. The van der Waals surface area contributed by atoms with Gasteiger partial charge in [-0.05, 0) is 0 Å². The molecule has 0 saturated carbocycles. The first-order valence-electron chi connectivity index (χ1n) is 7.66. The van der Waals surface area contributed by atoms with Crippen LogP contribution in [0.15, 0.2) is 0 Å². The fourth-order valence-corrected chi connectivity index (χ4v) is 2.18. The standard InChI is InChI=1S/C14H23N3O10.Yb/c18-10(19)5-15(1-3-16(6-11(20)21)7-12(22)23)2-4-17(8-13(24)25)9-14(26)27;/h1-9H2,(H,18,19)(H,20,21)(H,22,23)(H,24,25)(H,26,27);/q;+3/p-5. The number of carboxylic acid groups (broad SMARTS) is 5. The van der Waals surface area contributed by atoms with Crippen LogP contribution in [0, 0.1) is 46.9 Å². The van der Waals surface area contributed by atoms with Gasteiger partial charge in [-0.3, -0.25) is 14.7 Å². The molecule has 0 bridgehead atoms. The van der Waals surface area contributed by atoms with Crippen molar-refractivity contribution in [3.63, 3.8) is 0 Å². The Kier molecular flexibility index (Phi) is 16.2. The van der Waals surface area contributed by atoms with Gasteiger partial charge in [0.25, 0.3) is 0 Å². The zero-order chi connectivity index (χ0) is 21.0. The largest absolute Gasteiger partial charge is 3.00 e. The summed E-state index contributed by atoms with van der Waals surface area (Å²) < 4.78 is 0. The molecule has 28 heavy (non-hydrogen) atoms. The predicted octanol–water partition coefficient (Wildman–Crippen LogP) is -9.36. The van der Waals surface area contributed by atoms with Crippen molar-refractivity contribution in [2.24, 2.45) is 0 Å². The van der Waals surface area contributed by atoms with Crippen molar-refractivity contribution >= 4 is 29.8 Å². The molecule has 0 rings (SSSR count). The summed E-state index contributed by atoms with van der Waals surface area (Å²) >= 11 is 0. The van der Waals surface area contributed by atoms with Crippen LogP contribution in [-0.2, 0) is 24.0 Å². The molecule has 0 unspecified atom stereocenters. The van der Waals surface area contributed by atoms with Gasteiger partial charge in [0, 0.05) is 58.9 Å². The minimum absolute atomic E-state index is 0. The molecule has 0 aliphatic carbocycles. The van der Waals surface area contributed by atoms with Gasteiger partial charge < -0.3 is 49.5 Å². The first-order chi connectivity index (χ1) is 12.5. The van der Waals surface area contributed by atoms with E-state index < -0.39 is 62.6 Å². The van der Waals surface area contributed by atoms with Gasteiger partial charge in [-0.15, -0.1) is 0 Å². The summed E-state index contributed by atoms with van der Waals surface area (Å²) in [5, 5.41) is 53.3. The smallest absolute Gasteiger partial charge is 0.549 e. The molecule has 0 saturated heterocycles. The summed E-state index contributed by atoms with van der Waals surface area (Å²) in [6, 6.07) is 0. The molecule has 0 heterocycles. The summed E-state index contributed by atoms with van der Waals surface area (Å²) in [5.41, 5.74) is 0. The van der Waals surface area contributed by atoms with Gasteiger partial charge in [0.05, 0.1) is 29.8 Å². The van der Waals surface area contributed by atoms with Crippen LogP contribution in [-0.4, -0.2) is 103 Å². The Bertz CT molecular complexity index is 487. The van der Waals surface area contributed by atoms with Crippen molar-refractivity contribution in [1.29, 1.82) is 0 Å². The van der Waals surface area contributed by atoms with Crippen molar-refractivity contribution in [2.45, 2.75) is 0 Å². The van der Waals surface area contributed by atoms with Crippen molar-refractivity contribution < 1.29 is 96.4 Å². The second-order valence-electron chi connectivity index (χ2n) is 5.56. The number of hydrogen-bond acceptors (Lipinski definition) is 13. The quantitative estimate of drug-likeness (QED) is 0.172. The average molecular weight is 561 g/mol. The van der Waals surface area contributed by atoms with Crippen LogP contribution in [0.4, 0.5) is 0 Å². The Morgan fingerprint density at radius 1 is 0.429 bits per heavy atom. The third-order valence-electron chi connectivity index (χ3n) is 3.23. The van der Waals surface area contributed by atoms with Crippen LogP contribution in [0.25, 0.3) is 0 Å². The molecular formula is C14H18N3O10Yb-2. The van der Waals surface area contributed by atoms with Crippen molar-refractivity contribution in [2.75, 3.05) is 58.9 Å². The third-order valence-corrected chi connectivity index (χ3v) is 3.23. The molecule has 165 valence electrons. The first-order valence-corrected chi connectivity index (χ1v) is 7.66. The van der Waals surface area contributed by atoms with E-state index in [0.717, 1.165) is 9.80 Å². The van der Waals surface area contributed by atoms with E-state index in [1.807, 2.05) is 0 Å².